The van der Waals surface area contributed by atoms with E-state index in [4.69, 9.17) is 20.3 Å². The highest BCUT2D eigenvalue weighted by Gasteiger charge is 2.52. The van der Waals surface area contributed by atoms with Gasteiger partial charge in [-0.05, 0) is 12.0 Å². The zero-order valence-electron chi connectivity index (χ0n) is 15.5. The molecule has 0 amide bonds. The van der Waals surface area contributed by atoms with Crippen LogP contribution < -0.4 is 11.1 Å². The van der Waals surface area contributed by atoms with Crippen LogP contribution in [0.1, 0.15) is 26.0 Å². The zero-order chi connectivity index (χ0) is 20.7. The number of nitrogens with two attached hydrogens (primary N) is 1. The Morgan fingerprint density at radius 3 is 2.89 bits per heavy atom. The fraction of sp³-hybridized carbons (Fsp3) is 0.438. The van der Waals surface area contributed by atoms with Crippen molar-refractivity contribution in [3.63, 3.8) is 0 Å². The van der Waals surface area contributed by atoms with Gasteiger partial charge in [0.1, 0.15) is 18.6 Å². The summed E-state index contributed by atoms with van der Waals surface area (Å²) in [5.74, 6) is -0.0657. The summed E-state index contributed by atoms with van der Waals surface area (Å²) in [7, 11) is -4.67. The van der Waals surface area contributed by atoms with E-state index in [9.17, 15) is 9.36 Å². The van der Waals surface area contributed by atoms with Crippen LogP contribution >= 0.6 is 7.82 Å². The van der Waals surface area contributed by atoms with Crippen LogP contribution in [0.15, 0.2) is 23.5 Å². The minimum atomic E-state index is -4.67. The lowest BCUT2D eigenvalue weighted by atomic mass is 10.1. The number of imidazole rings is 1. The standard InChI is InChI=1S/C16H22N5O6P/c1-9(2)14(22)26-6-16(7-27-28(23,24)25)4-11(16)5-21-8-18-12-10(3)19-15(17)20-13(12)21/h5,8-9H,3-4,6-7H2,1-2H3,(H3,17,19,20)(H2,23,24,25)/b11-5-/t16-/m0/s1. The number of aromatic nitrogens is 2. The Hall–Kier alpha value is -2.46. The molecular weight excluding hydrogens is 389 g/mol. The van der Waals surface area contributed by atoms with Gasteiger partial charge in [0.2, 0.25) is 0 Å². The molecule has 1 aliphatic heterocycles. The Balaban J connectivity index is 1.84. The Morgan fingerprint density at radius 2 is 2.25 bits per heavy atom. The van der Waals surface area contributed by atoms with Gasteiger partial charge in [-0.2, -0.15) is 4.99 Å². The number of phosphoric acid groups is 1. The third kappa shape index (κ3) is 4.33. The van der Waals surface area contributed by atoms with E-state index in [-0.39, 0.29) is 25.1 Å². The number of rotatable bonds is 7. The van der Waals surface area contributed by atoms with Gasteiger partial charge in [-0.3, -0.25) is 13.9 Å². The predicted octanol–water partition coefficient (Wildman–Crippen LogP) is 0.943. The summed E-state index contributed by atoms with van der Waals surface area (Å²) in [6, 6.07) is 0. The smallest absolute Gasteiger partial charge is 0.464 e. The number of nitrogens with zero attached hydrogens (tertiary/aromatic N) is 3. The lowest BCUT2D eigenvalue weighted by Crippen LogP contribution is -2.32. The molecule has 1 fully saturated rings. The summed E-state index contributed by atoms with van der Waals surface area (Å²) >= 11 is 0. The Morgan fingerprint density at radius 1 is 1.54 bits per heavy atom. The predicted molar refractivity (Wildman–Crippen MR) is 101 cm³/mol. The molecule has 1 aliphatic carbocycles. The molecule has 1 saturated carbocycles. The first-order chi connectivity index (χ1) is 13.0. The molecule has 1 aromatic heterocycles. The first kappa shape index (κ1) is 20.3. The Bertz CT molecular complexity index is 930. The fourth-order valence-corrected chi connectivity index (χ4v) is 3.13. The quantitative estimate of drug-likeness (QED) is 0.378. The highest BCUT2D eigenvalue weighted by Crippen LogP contribution is 2.55. The topological polar surface area (TPSA) is 161 Å². The fourth-order valence-electron chi connectivity index (χ4n) is 2.71. The summed E-state index contributed by atoms with van der Waals surface area (Å²) in [5, 5.41) is 2.79. The van der Waals surface area contributed by atoms with Gasteiger partial charge < -0.3 is 25.6 Å². The molecule has 11 nitrogen and oxygen atoms in total. The van der Waals surface area contributed by atoms with E-state index >= 15 is 0 Å². The van der Waals surface area contributed by atoms with E-state index in [0.717, 1.165) is 5.57 Å². The van der Waals surface area contributed by atoms with Crippen LogP contribution in [-0.4, -0.2) is 44.5 Å². The lowest BCUT2D eigenvalue weighted by molar-refractivity contribution is -0.149. The van der Waals surface area contributed by atoms with E-state index in [1.54, 1.807) is 24.6 Å². The van der Waals surface area contributed by atoms with Crippen molar-refractivity contribution in [3.05, 3.63) is 24.2 Å². The van der Waals surface area contributed by atoms with Crippen molar-refractivity contribution in [2.45, 2.75) is 20.3 Å². The molecule has 3 rings (SSSR count). The van der Waals surface area contributed by atoms with Gasteiger partial charge in [-0.15, -0.1) is 0 Å². The average Bonchev–Trinajstić information content (AvgIpc) is 3.11. The maximum absolute atomic E-state index is 11.8. The molecule has 0 spiro atoms. The molecule has 152 valence electrons. The molecule has 2 heterocycles. The number of guanidine groups is 1. The van der Waals surface area contributed by atoms with Crippen LogP contribution in [0.3, 0.4) is 0 Å². The van der Waals surface area contributed by atoms with Crippen molar-refractivity contribution >= 4 is 37.5 Å². The second-order valence-electron chi connectivity index (χ2n) is 7.06. The highest BCUT2D eigenvalue weighted by molar-refractivity contribution is 7.46. The molecule has 1 aromatic rings. The summed E-state index contributed by atoms with van der Waals surface area (Å²) in [6.07, 6.45) is 3.68. The van der Waals surface area contributed by atoms with Gasteiger partial charge in [0, 0.05) is 6.20 Å². The molecule has 0 aromatic carbocycles. The number of fused-ring (bicyclic) bond motifs is 1. The van der Waals surface area contributed by atoms with E-state index in [0.29, 0.717) is 23.6 Å². The van der Waals surface area contributed by atoms with Gasteiger partial charge in [-0.25, -0.2) is 9.55 Å². The molecule has 0 saturated heterocycles. The third-order valence-electron chi connectivity index (χ3n) is 4.41. The Kier molecular flexibility index (Phi) is 5.20. The molecule has 0 unspecified atom stereocenters. The van der Waals surface area contributed by atoms with Crippen LogP contribution in [0.2, 0.25) is 0 Å². The average molecular weight is 411 g/mol. The van der Waals surface area contributed by atoms with Crippen molar-refractivity contribution in [2.24, 2.45) is 22.1 Å². The van der Waals surface area contributed by atoms with Gasteiger partial charge in [0.15, 0.2) is 11.8 Å². The second kappa shape index (κ2) is 7.17. The summed E-state index contributed by atoms with van der Waals surface area (Å²) in [4.78, 5) is 38.3. The number of hydrogen-bond donors (Lipinski definition) is 4. The van der Waals surface area contributed by atoms with Crippen LogP contribution in [0.5, 0.6) is 0 Å². The minimum Gasteiger partial charge on any atom is -0.464 e. The number of carbonyl (C=O) groups is 1. The van der Waals surface area contributed by atoms with E-state index < -0.39 is 19.2 Å². The van der Waals surface area contributed by atoms with Crippen LogP contribution in [0.4, 0.5) is 5.82 Å². The van der Waals surface area contributed by atoms with Crippen molar-refractivity contribution in [1.82, 2.24) is 14.9 Å². The molecule has 12 heteroatoms. The van der Waals surface area contributed by atoms with Crippen molar-refractivity contribution in [2.75, 3.05) is 13.2 Å². The largest absolute Gasteiger partial charge is 0.469 e. The van der Waals surface area contributed by atoms with Crippen LogP contribution in [0, 0.1) is 11.3 Å². The molecule has 1 atom stereocenters. The lowest BCUT2D eigenvalue weighted by Gasteiger charge is -2.17. The van der Waals surface area contributed by atoms with E-state index in [2.05, 4.69) is 26.4 Å². The third-order valence-corrected chi connectivity index (χ3v) is 4.88. The van der Waals surface area contributed by atoms with Gasteiger partial charge in [-0.1, -0.05) is 20.4 Å². The van der Waals surface area contributed by atoms with Crippen LogP contribution in [-0.2, 0) is 18.6 Å². The van der Waals surface area contributed by atoms with Crippen molar-refractivity contribution in [3.8, 4) is 0 Å². The maximum Gasteiger partial charge on any atom is 0.469 e. The molecule has 0 bridgehead atoms. The normalized spacial score (nSPS) is 22.7. The summed E-state index contributed by atoms with van der Waals surface area (Å²) < 4.78 is 22.7. The van der Waals surface area contributed by atoms with Gasteiger partial charge in [0.05, 0.1) is 23.6 Å². The first-order valence-electron chi connectivity index (χ1n) is 8.46. The number of ether oxygens (including phenoxy) is 1. The number of esters is 1. The van der Waals surface area contributed by atoms with E-state index in [1.165, 1.54) is 6.33 Å². The maximum atomic E-state index is 11.8. The number of nitrogens with one attached hydrogen (secondary N) is 1. The SMILES string of the molecule is C=C1NC(N)=Nc2c1ncn2/C=C1/C[C@]1(COC(=O)C(C)C)COP(=O)(O)O. The monoisotopic (exact) mass is 411 g/mol. The number of hydrogen-bond acceptors (Lipinski definition) is 8. The zero-order valence-corrected chi connectivity index (χ0v) is 16.3. The van der Waals surface area contributed by atoms with Crippen LogP contribution in [0.25, 0.3) is 11.9 Å². The summed E-state index contributed by atoms with van der Waals surface area (Å²) in [6.45, 7) is 6.90. The van der Waals surface area contributed by atoms with Crippen molar-refractivity contribution < 1.29 is 28.4 Å². The number of carbonyl (C=O) groups excluding carboxylic acids is 1. The highest BCUT2D eigenvalue weighted by atomic mass is 31.2. The minimum absolute atomic E-state index is 0.0492. The van der Waals surface area contributed by atoms with Gasteiger partial charge in [0.25, 0.3) is 0 Å². The molecular formula is C16H22N5O6P. The Labute approximate surface area is 161 Å². The molecule has 0 radical (unpaired) electrons. The van der Waals surface area contributed by atoms with Crippen molar-refractivity contribution in [1.29, 1.82) is 0 Å². The van der Waals surface area contributed by atoms with Gasteiger partial charge >= 0.3 is 13.8 Å². The number of aliphatic imine (C=N–C) groups is 1. The van der Waals surface area contributed by atoms with E-state index in [1.807, 2.05) is 0 Å². The second-order valence-corrected chi connectivity index (χ2v) is 8.30. The molecule has 5 N–H and O–H groups in total. The summed E-state index contributed by atoms with van der Waals surface area (Å²) in [5.41, 5.74) is 6.73. The molecule has 2 aliphatic rings. The first-order valence-corrected chi connectivity index (χ1v) is 9.99. The number of phosphoric ester groups is 1. The molecule has 28 heavy (non-hydrogen) atoms.